The molecule has 2 atom stereocenters. The van der Waals surface area contributed by atoms with Crippen LogP contribution >= 0.6 is 0 Å². The van der Waals surface area contributed by atoms with E-state index in [2.05, 4.69) is 17.1 Å². The zero-order valence-electron chi connectivity index (χ0n) is 16.7. The van der Waals surface area contributed by atoms with E-state index in [0.29, 0.717) is 26.2 Å². The molecule has 5 nitrogen and oxygen atoms in total. The quantitative estimate of drug-likeness (QED) is 0.550. The first kappa shape index (κ1) is 21.9. The largest absolute Gasteiger partial charge is 0.386 e. The Hall–Kier alpha value is -1.43. The second-order valence-electron chi connectivity index (χ2n) is 7.46. The van der Waals surface area contributed by atoms with Crippen molar-refractivity contribution in [2.24, 2.45) is 0 Å². The van der Waals surface area contributed by atoms with Crippen molar-refractivity contribution in [2.75, 3.05) is 32.8 Å². The smallest absolute Gasteiger partial charge is 0.220 e. The van der Waals surface area contributed by atoms with Crippen molar-refractivity contribution in [3.05, 3.63) is 35.9 Å². The summed E-state index contributed by atoms with van der Waals surface area (Å²) in [5.74, 6) is 0.0405. The Labute approximate surface area is 164 Å². The maximum absolute atomic E-state index is 12.5. The molecule has 1 aromatic carbocycles. The minimum absolute atomic E-state index is 0.0405. The van der Waals surface area contributed by atoms with Gasteiger partial charge in [-0.25, -0.2) is 0 Å². The van der Waals surface area contributed by atoms with Gasteiger partial charge < -0.3 is 15.2 Å². The maximum atomic E-state index is 12.5. The third-order valence-corrected chi connectivity index (χ3v) is 5.18. The zero-order valence-corrected chi connectivity index (χ0v) is 16.7. The van der Waals surface area contributed by atoms with E-state index in [4.69, 9.17) is 4.74 Å². The van der Waals surface area contributed by atoms with Crippen molar-refractivity contribution < 1.29 is 14.6 Å². The second kappa shape index (κ2) is 12.9. The first-order valence-electron chi connectivity index (χ1n) is 10.5. The lowest BCUT2D eigenvalue weighted by molar-refractivity contribution is -0.123. The molecule has 0 bridgehead atoms. The van der Waals surface area contributed by atoms with Gasteiger partial charge >= 0.3 is 0 Å². The molecule has 27 heavy (non-hydrogen) atoms. The number of nitrogens with zero attached hydrogens (tertiary/aromatic N) is 1. The van der Waals surface area contributed by atoms with Gasteiger partial charge in [-0.05, 0) is 12.0 Å². The van der Waals surface area contributed by atoms with E-state index in [1.165, 1.54) is 25.7 Å². The van der Waals surface area contributed by atoms with Crippen molar-refractivity contribution in [3.63, 3.8) is 0 Å². The summed E-state index contributed by atoms with van der Waals surface area (Å²) in [6.07, 6.45) is 6.81. The summed E-state index contributed by atoms with van der Waals surface area (Å²) in [4.78, 5) is 14.7. The van der Waals surface area contributed by atoms with Gasteiger partial charge in [-0.15, -0.1) is 0 Å². The number of carbonyl (C=O) groups is 1. The van der Waals surface area contributed by atoms with Gasteiger partial charge in [0.2, 0.25) is 5.91 Å². The number of nitrogens with one attached hydrogen (secondary N) is 1. The van der Waals surface area contributed by atoms with Crippen LogP contribution in [0.2, 0.25) is 0 Å². The minimum atomic E-state index is -0.706. The highest BCUT2D eigenvalue weighted by atomic mass is 16.5. The summed E-state index contributed by atoms with van der Waals surface area (Å²) in [5.41, 5.74) is 0.843. The normalized spacial score (nSPS) is 17.4. The number of unbranched alkanes of at least 4 members (excludes halogenated alkanes) is 5. The van der Waals surface area contributed by atoms with Gasteiger partial charge in [-0.3, -0.25) is 9.69 Å². The van der Waals surface area contributed by atoms with Gasteiger partial charge in [0.25, 0.3) is 0 Å². The molecule has 1 amide bonds. The second-order valence-corrected chi connectivity index (χ2v) is 7.46. The number of hydrogen-bond acceptors (Lipinski definition) is 4. The Kier molecular flexibility index (Phi) is 10.4. The average molecular weight is 377 g/mol. The van der Waals surface area contributed by atoms with Crippen molar-refractivity contribution in [1.29, 1.82) is 0 Å². The fourth-order valence-corrected chi connectivity index (χ4v) is 3.51. The highest BCUT2D eigenvalue weighted by molar-refractivity contribution is 5.76. The Morgan fingerprint density at radius 2 is 1.78 bits per heavy atom. The number of benzene rings is 1. The predicted octanol–water partition coefficient (Wildman–Crippen LogP) is 3.29. The van der Waals surface area contributed by atoms with Gasteiger partial charge in [0, 0.05) is 26.1 Å². The van der Waals surface area contributed by atoms with Crippen molar-refractivity contribution in [2.45, 2.75) is 64.0 Å². The Morgan fingerprint density at radius 1 is 1.11 bits per heavy atom. The molecule has 0 unspecified atom stereocenters. The lowest BCUT2D eigenvalue weighted by Gasteiger charge is -2.33. The molecule has 2 rings (SSSR count). The van der Waals surface area contributed by atoms with Crippen LogP contribution in [0.3, 0.4) is 0 Å². The van der Waals surface area contributed by atoms with Crippen molar-refractivity contribution >= 4 is 5.91 Å². The molecule has 1 fully saturated rings. The minimum Gasteiger partial charge on any atom is -0.386 e. The zero-order chi connectivity index (χ0) is 19.3. The van der Waals surface area contributed by atoms with E-state index in [1.807, 2.05) is 30.3 Å². The third-order valence-electron chi connectivity index (χ3n) is 5.18. The van der Waals surface area contributed by atoms with E-state index < -0.39 is 6.10 Å². The fraction of sp³-hybridized carbons (Fsp3) is 0.682. The molecule has 0 radical (unpaired) electrons. The van der Waals surface area contributed by atoms with Crippen molar-refractivity contribution in [1.82, 2.24) is 10.2 Å². The number of carbonyl (C=O) groups excluding carboxylic acids is 1. The number of aliphatic hydroxyl groups is 1. The van der Waals surface area contributed by atoms with Crippen LogP contribution in [0, 0.1) is 0 Å². The molecule has 2 N–H and O–H groups in total. The van der Waals surface area contributed by atoms with E-state index in [1.54, 1.807) is 0 Å². The first-order chi connectivity index (χ1) is 13.2. The molecule has 1 aliphatic heterocycles. The maximum Gasteiger partial charge on any atom is 0.220 e. The number of morpholine rings is 1. The Morgan fingerprint density at radius 3 is 2.48 bits per heavy atom. The van der Waals surface area contributed by atoms with Crippen LogP contribution in [0.1, 0.15) is 63.5 Å². The molecule has 0 spiro atoms. The highest BCUT2D eigenvalue weighted by Crippen LogP contribution is 2.18. The average Bonchev–Trinajstić information content (AvgIpc) is 2.71. The van der Waals surface area contributed by atoms with Gasteiger partial charge in [0.05, 0.1) is 19.3 Å². The number of ether oxygens (including phenoxy) is 1. The number of amides is 1. The molecule has 1 aliphatic rings. The first-order valence-corrected chi connectivity index (χ1v) is 10.5. The van der Waals surface area contributed by atoms with Crippen LogP contribution < -0.4 is 5.32 Å². The van der Waals surface area contributed by atoms with Crippen LogP contribution in [0.25, 0.3) is 0 Å². The summed E-state index contributed by atoms with van der Waals surface area (Å²) >= 11 is 0. The number of aliphatic hydroxyl groups excluding tert-OH is 1. The molecule has 152 valence electrons. The Balaban J connectivity index is 1.85. The highest BCUT2D eigenvalue weighted by Gasteiger charge is 2.26. The molecule has 1 heterocycles. The van der Waals surface area contributed by atoms with Gasteiger partial charge in [0.15, 0.2) is 0 Å². The van der Waals surface area contributed by atoms with E-state index >= 15 is 0 Å². The molecule has 1 saturated heterocycles. The topological polar surface area (TPSA) is 61.8 Å². The van der Waals surface area contributed by atoms with Crippen LogP contribution in [0.15, 0.2) is 30.3 Å². The van der Waals surface area contributed by atoms with E-state index in [0.717, 1.165) is 31.5 Å². The number of hydrogen-bond donors (Lipinski definition) is 2. The summed E-state index contributed by atoms with van der Waals surface area (Å²) < 4.78 is 5.41. The van der Waals surface area contributed by atoms with Gasteiger partial charge in [0.1, 0.15) is 6.10 Å². The summed E-state index contributed by atoms with van der Waals surface area (Å²) in [6, 6.07) is 9.29. The molecular formula is C22H36N2O3. The molecule has 0 aromatic heterocycles. The van der Waals surface area contributed by atoms with Crippen LogP contribution in [0.4, 0.5) is 0 Å². The van der Waals surface area contributed by atoms with Crippen LogP contribution in [-0.4, -0.2) is 54.8 Å². The SMILES string of the molecule is CCCCCCCCC(=O)N[C@H](CN1CCOCC1)[C@H](O)c1ccccc1. The summed E-state index contributed by atoms with van der Waals surface area (Å²) in [6.45, 7) is 5.94. The van der Waals surface area contributed by atoms with E-state index in [-0.39, 0.29) is 11.9 Å². The van der Waals surface area contributed by atoms with Gasteiger partial charge in [-0.2, -0.15) is 0 Å². The lowest BCUT2D eigenvalue weighted by atomic mass is 10.0. The fourth-order valence-electron chi connectivity index (χ4n) is 3.51. The number of rotatable bonds is 12. The third kappa shape index (κ3) is 8.41. The van der Waals surface area contributed by atoms with E-state index in [9.17, 15) is 9.90 Å². The molecule has 0 saturated carbocycles. The van der Waals surface area contributed by atoms with Crippen molar-refractivity contribution in [3.8, 4) is 0 Å². The standard InChI is InChI=1S/C22H36N2O3/c1-2-3-4-5-6-10-13-21(25)23-20(18-24-14-16-27-17-15-24)22(26)19-11-8-7-9-12-19/h7-9,11-12,20,22,26H,2-6,10,13-18H2,1H3,(H,23,25)/t20-,22-/m1/s1. The van der Waals surface area contributed by atoms with Crippen LogP contribution in [0.5, 0.6) is 0 Å². The van der Waals surface area contributed by atoms with Gasteiger partial charge in [-0.1, -0.05) is 69.4 Å². The summed E-state index contributed by atoms with van der Waals surface area (Å²) in [5, 5.41) is 13.9. The van der Waals surface area contributed by atoms with Crippen LogP contribution in [-0.2, 0) is 9.53 Å². The molecule has 0 aliphatic carbocycles. The predicted molar refractivity (Wildman–Crippen MR) is 109 cm³/mol. The summed E-state index contributed by atoms with van der Waals surface area (Å²) in [7, 11) is 0. The lowest BCUT2D eigenvalue weighted by Crippen LogP contribution is -2.49. The Bertz CT molecular complexity index is 518. The monoisotopic (exact) mass is 376 g/mol. The molecule has 5 heteroatoms. The molecular weight excluding hydrogens is 340 g/mol. The molecule has 1 aromatic rings.